The van der Waals surface area contributed by atoms with E-state index in [-0.39, 0.29) is 0 Å². The smallest absolute Gasteiger partial charge is 0.205 e. The van der Waals surface area contributed by atoms with Crippen molar-refractivity contribution in [2.45, 2.75) is 26.8 Å². The number of aromatic nitrogens is 3. The molecule has 0 saturated heterocycles. The summed E-state index contributed by atoms with van der Waals surface area (Å²) in [5, 5.41) is 15.0. The minimum atomic E-state index is 0.617. The van der Waals surface area contributed by atoms with Crippen LogP contribution in [0.4, 0.5) is 5.13 Å². The Hall–Kier alpha value is -1.88. The molecule has 0 spiro atoms. The number of rotatable bonds is 5. The van der Waals surface area contributed by atoms with Crippen molar-refractivity contribution in [2.24, 2.45) is 5.92 Å². The monoisotopic (exact) mass is 286 g/mol. The first-order valence-electron chi connectivity index (χ1n) is 6.83. The van der Waals surface area contributed by atoms with Crippen molar-refractivity contribution in [3.8, 4) is 0 Å². The molecule has 0 fully saturated rings. The van der Waals surface area contributed by atoms with Gasteiger partial charge in [-0.3, -0.25) is 0 Å². The van der Waals surface area contributed by atoms with E-state index in [0.717, 1.165) is 23.1 Å². The molecule has 4 nitrogen and oxygen atoms in total. The summed E-state index contributed by atoms with van der Waals surface area (Å²) in [6, 6.07) is 8.51. The zero-order chi connectivity index (χ0) is 13.9. The van der Waals surface area contributed by atoms with Crippen molar-refractivity contribution < 1.29 is 0 Å². The predicted molar refractivity (Wildman–Crippen MR) is 84.1 cm³/mol. The molecule has 0 bridgehead atoms. The quantitative estimate of drug-likeness (QED) is 0.749. The molecule has 2 aromatic heterocycles. The third-order valence-electron chi connectivity index (χ3n) is 3.11. The average Bonchev–Trinajstić information content (AvgIpc) is 3.03. The summed E-state index contributed by atoms with van der Waals surface area (Å²) in [4.78, 5) is 3.23. The molecular weight excluding hydrogens is 268 g/mol. The Morgan fingerprint density at radius 3 is 3.00 bits per heavy atom. The van der Waals surface area contributed by atoms with Gasteiger partial charge in [-0.1, -0.05) is 37.3 Å². The Kier molecular flexibility index (Phi) is 3.69. The molecular formula is C15H18N4S. The molecule has 0 saturated carbocycles. The van der Waals surface area contributed by atoms with Crippen LogP contribution in [0.1, 0.15) is 24.4 Å². The number of aromatic amines is 1. The van der Waals surface area contributed by atoms with Gasteiger partial charge in [-0.2, -0.15) is 0 Å². The fourth-order valence-electron chi connectivity index (χ4n) is 2.14. The lowest BCUT2D eigenvalue weighted by molar-refractivity contribution is 0.640. The lowest BCUT2D eigenvalue weighted by Crippen LogP contribution is -1.98. The lowest BCUT2D eigenvalue weighted by Gasteiger charge is -2.02. The third-order valence-corrected chi connectivity index (χ3v) is 4.02. The molecule has 0 amide bonds. The number of fused-ring (bicyclic) bond motifs is 1. The van der Waals surface area contributed by atoms with Gasteiger partial charge in [-0.05, 0) is 29.0 Å². The van der Waals surface area contributed by atoms with E-state index in [1.54, 1.807) is 11.3 Å². The van der Waals surface area contributed by atoms with Gasteiger partial charge in [0, 0.05) is 24.7 Å². The number of hydrogen-bond donors (Lipinski definition) is 2. The van der Waals surface area contributed by atoms with Gasteiger partial charge in [0.2, 0.25) is 5.13 Å². The van der Waals surface area contributed by atoms with E-state index in [4.69, 9.17) is 0 Å². The van der Waals surface area contributed by atoms with Crippen LogP contribution in [0, 0.1) is 5.92 Å². The summed E-state index contributed by atoms with van der Waals surface area (Å²) >= 11 is 1.64. The Bertz CT molecular complexity index is 699. The first-order chi connectivity index (χ1) is 9.70. The van der Waals surface area contributed by atoms with Crippen molar-refractivity contribution in [1.29, 1.82) is 0 Å². The van der Waals surface area contributed by atoms with Crippen molar-refractivity contribution in [2.75, 3.05) is 5.32 Å². The second-order valence-electron chi connectivity index (χ2n) is 5.35. The highest BCUT2D eigenvalue weighted by Crippen LogP contribution is 2.20. The van der Waals surface area contributed by atoms with E-state index in [9.17, 15) is 0 Å². The Labute approximate surface area is 122 Å². The predicted octanol–water partition coefficient (Wildman–Crippen LogP) is 3.83. The van der Waals surface area contributed by atoms with E-state index in [0.29, 0.717) is 5.92 Å². The van der Waals surface area contributed by atoms with E-state index in [2.05, 4.69) is 58.6 Å². The Morgan fingerprint density at radius 1 is 1.25 bits per heavy atom. The first-order valence-corrected chi connectivity index (χ1v) is 7.64. The maximum absolute atomic E-state index is 4.21. The molecule has 3 aromatic rings. The molecule has 0 atom stereocenters. The van der Waals surface area contributed by atoms with Crippen molar-refractivity contribution in [3.63, 3.8) is 0 Å². The van der Waals surface area contributed by atoms with Crippen LogP contribution in [0.5, 0.6) is 0 Å². The maximum Gasteiger partial charge on any atom is 0.205 e. The van der Waals surface area contributed by atoms with Gasteiger partial charge in [0.1, 0.15) is 5.01 Å². The van der Waals surface area contributed by atoms with Gasteiger partial charge in [-0.15, -0.1) is 10.2 Å². The van der Waals surface area contributed by atoms with Crippen LogP contribution < -0.4 is 5.32 Å². The van der Waals surface area contributed by atoms with Crippen LogP contribution in [0.25, 0.3) is 10.9 Å². The molecule has 2 heterocycles. The topological polar surface area (TPSA) is 53.6 Å². The lowest BCUT2D eigenvalue weighted by atomic mass is 10.1. The minimum Gasteiger partial charge on any atom is -0.361 e. The molecule has 0 unspecified atom stereocenters. The molecule has 2 N–H and O–H groups in total. The second kappa shape index (κ2) is 5.63. The van der Waals surface area contributed by atoms with Gasteiger partial charge >= 0.3 is 0 Å². The zero-order valence-electron chi connectivity index (χ0n) is 11.7. The molecule has 1 aromatic carbocycles. The SMILES string of the molecule is CC(C)Cc1nnc(NCc2ccc3cc[nH]c3c2)s1. The van der Waals surface area contributed by atoms with Gasteiger partial charge in [0.05, 0.1) is 0 Å². The fourth-order valence-corrected chi connectivity index (χ4v) is 3.09. The van der Waals surface area contributed by atoms with Crippen LogP contribution in [-0.2, 0) is 13.0 Å². The molecule has 3 rings (SSSR count). The van der Waals surface area contributed by atoms with Crippen LogP contribution in [0.2, 0.25) is 0 Å². The van der Waals surface area contributed by atoms with Crippen LogP contribution in [0.15, 0.2) is 30.5 Å². The van der Waals surface area contributed by atoms with Gasteiger partial charge in [-0.25, -0.2) is 0 Å². The number of benzene rings is 1. The highest BCUT2D eigenvalue weighted by Gasteiger charge is 2.06. The van der Waals surface area contributed by atoms with E-state index < -0.39 is 0 Å². The molecule has 5 heteroatoms. The molecule has 20 heavy (non-hydrogen) atoms. The second-order valence-corrected chi connectivity index (χ2v) is 6.41. The van der Waals surface area contributed by atoms with Crippen LogP contribution >= 0.6 is 11.3 Å². The zero-order valence-corrected chi connectivity index (χ0v) is 12.5. The summed E-state index contributed by atoms with van der Waals surface area (Å²) in [5.74, 6) is 0.617. The van der Waals surface area contributed by atoms with Crippen LogP contribution in [-0.4, -0.2) is 15.2 Å². The largest absolute Gasteiger partial charge is 0.361 e. The third kappa shape index (κ3) is 2.99. The summed E-state index contributed by atoms with van der Waals surface area (Å²) in [6.45, 7) is 5.16. The molecule has 0 aliphatic carbocycles. The number of anilines is 1. The van der Waals surface area contributed by atoms with Crippen molar-refractivity contribution in [1.82, 2.24) is 15.2 Å². The molecule has 0 radical (unpaired) electrons. The highest BCUT2D eigenvalue weighted by molar-refractivity contribution is 7.15. The molecule has 0 aliphatic rings. The van der Waals surface area contributed by atoms with E-state index >= 15 is 0 Å². The summed E-state index contributed by atoms with van der Waals surface area (Å²) in [6.07, 6.45) is 2.96. The van der Waals surface area contributed by atoms with E-state index in [1.165, 1.54) is 16.5 Å². The first kappa shape index (κ1) is 13.1. The van der Waals surface area contributed by atoms with Gasteiger partial charge in [0.25, 0.3) is 0 Å². The average molecular weight is 286 g/mol. The Morgan fingerprint density at radius 2 is 2.15 bits per heavy atom. The van der Waals surface area contributed by atoms with E-state index in [1.807, 2.05) is 6.20 Å². The summed E-state index contributed by atoms with van der Waals surface area (Å²) < 4.78 is 0. The summed E-state index contributed by atoms with van der Waals surface area (Å²) in [7, 11) is 0. The standard InChI is InChI=1S/C15H18N4S/c1-10(2)7-14-18-19-15(20-14)17-9-11-3-4-12-5-6-16-13(12)8-11/h3-6,8,10,16H,7,9H2,1-2H3,(H,17,19). The maximum atomic E-state index is 4.21. The van der Waals surface area contributed by atoms with Crippen molar-refractivity contribution in [3.05, 3.63) is 41.0 Å². The van der Waals surface area contributed by atoms with Gasteiger partial charge < -0.3 is 10.3 Å². The number of nitrogens with one attached hydrogen (secondary N) is 2. The van der Waals surface area contributed by atoms with Gasteiger partial charge in [0.15, 0.2) is 0 Å². The number of nitrogens with zero attached hydrogens (tertiary/aromatic N) is 2. The normalized spacial score (nSPS) is 11.3. The summed E-state index contributed by atoms with van der Waals surface area (Å²) in [5.41, 5.74) is 2.41. The number of hydrogen-bond acceptors (Lipinski definition) is 4. The molecule has 104 valence electrons. The molecule has 0 aliphatic heterocycles. The number of H-pyrrole nitrogens is 1. The van der Waals surface area contributed by atoms with Crippen LogP contribution in [0.3, 0.4) is 0 Å². The highest BCUT2D eigenvalue weighted by atomic mass is 32.1. The fraction of sp³-hybridized carbons (Fsp3) is 0.333. The minimum absolute atomic E-state index is 0.617. The Balaban J connectivity index is 1.64. The van der Waals surface area contributed by atoms with Crippen molar-refractivity contribution >= 4 is 27.4 Å².